The van der Waals surface area contributed by atoms with Crippen molar-refractivity contribution in [3.05, 3.63) is 106 Å². The minimum absolute atomic E-state index is 0.0427. The van der Waals surface area contributed by atoms with E-state index in [2.05, 4.69) is 17.2 Å². The third-order valence-electron chi connectivity index (χ3n) is 4.83. The van der Waals surface area contributed by atoms with Crippen LogP contribution in [-0.2, 0) is 13.0 Å². The van der Waals surface area contributed by atoms with Crippen molar-refractivity contribution in [3.63, 3.8) is 0 Å². The van der Waals surface area contributed by atoms with E-state index in [0.717, 1.165) is 6.42 Å². The van der Waals surface area contributed by atoms with Gasteiger partial charge in [0.2, 0.25) is 0 Å². The molecule has 0 saturated carbocycles. The van der Waals surface area contributed by atoms with Crippen LogP contribution in [0.25, 0.3) is 0 Å². The van der Waals surface area contributed by atoms with E-state index in [1.165, 1.54) is 36.0 Å². The Bertz CT molecular complexity index is 1290. The van der Waals surface area contributed by atoms with Gasteiger partial charge in [-0.15, -0.1) is 0 Å². The van der Waals surface area contributed by atoms with Gasteiger partial charge in [-0.3, -0.25) is 19.9 Å². The van der Waals surface area contributed by atoms with Crippen LogP contribution in [0.5, 0.6) is 17.2 Å². The molecule has 4 aromatic rings. The molecule has 9 heteroatoms. The second-order valence-electron chi connectivity index (χ2n) is 7.27. The number of carbonyl (C=O) groups is 1. The predicted octanol–water partition coefficient (Wildman–Crippen LogP) is 5.77. The molecule has 0 fully saturated rings. The third kappa shape index (κ3) is 5.77. The molecule has 4 rings (SSSR count). The number of hydrogen-bond acceptors (Lipinski definition) is 7. The van der Waals surface area contributed by atoms with Crippen molar-refractivity contribution in [3.8, 4) is 17.2 Å². The number of rotatable bonds is 9. The van der Waals surface area contributed by atoms with Crippen LogP contribution in [-0.4, -0.2) is 15.8 Å². The maximum absolute atomic E-state index is 12.7. The van der Waals surface area contributed by atoms with Crippen molar-refractivity contribution in [2.45, 2.75) is 20.0 Å². The number of ether oxygens (including phenoxy) is 2. The molecule has 2 aromatic carbocycles. The summed E-state index contributed by atoms with van der Waals surface area (Å²) in [6.07, 6.45) is 4.00. The minimum atomic E-state index is -0.568. The summed E-state index contributed by atoms with van der Waals surface area (Å²) in [6, 6.07) is 18.2. The fraction of sp³-hybridized carbons (Fsp3) is 0.120. The van der Waals surface area contributed by atoms with Gasteiger partial charge in [-0.1, -0.05) is 19.1 Å². The molecule has 0 spiro atoms. The van der Waals surface area contributed by atoms with Crippen LogP contribution < -0.4 is 14.8 Å². The van der Waals surface area contributed by atoms with E-state index >= 15 is 0 Å². The number of carbonyl (C=O) groups excluding carboxylic acids is 1. The summed E-state index contributed by atoms with van der Waals surface area (Å²) in [5, 5.41) is 13.9. The first-order chi connectivity index (χ1) is 16.5. The summed E-state index contributed by atoms with van der Waals surface area (Å²) < 4.78 is 16.9. The Labute approximate surface area is 195 Å². The lowest BCUT2D eigenvalue weighted by molar-refractivity contribution is -0.384. The van der Waals surface area contributed by atoms with Crippen molar-refractivity contribution in [1.29, 1.82) is 0 Å². The Balaban J connectivity index is 1.43. The van der Waals surface area contributed by atoms with Crippen molar-refractivity contribution in [2.24, 2.45) is 0 Å². The topological polar surface area (TPSA) is 117 Å². The minimum Gasteiger partial charge on any atom is -0.486 e. The smallest absolute Gasteiger partial charge is 0.291 e. The van der Waals surface area contributed by atoms with Gasteiger partial charge in [-0.25, -0.2) is 0 Å². The number of pyridine rings is 1. The lowest BCUT2D eigenvalue weighted by atomic mass is 10.2. The zero-order chi connectivity index (χ0) is 23.9. The molecular formula is C25H21N3O6. The van der Waals surface area contributed by atoms with Crippen LogP contribution in [0.4, 0.5) is 11.4 Å². The molecule has 0 aliphatic heterocycles. The number of hydrogen-bond donors (Lipinski definition) is 1. The lowest BCUT2D eigenvalue weighted by Gasteiger charge is -2.08. The highest BCUT2D eigenvalue weighted by Gasteiger charge is 2.16. The highest BCUT2D eigenvalue weighted by molar-refractivity contribution is 6.02. The Morgan fingerprint density at radius 2 is 1.88 bits per heavy atom. The fourth-order valence-electron chi connectivity index (χ4n) is 3.11. The summed E-state index contributed by atoms with van der Waals surface area (Å²) in [4.78, 5) is 27.4. The first-order valence-corrected chi connectivity index (χ1v) is 10.5. The van der Waals surface area contributed by atoms with Gasteiger partial charge in [0, 0.05) is 18.3 Å². The monoisotopic (exact) mass is 459 g/mol. The molecule has 172 valence electrons. The number of amides is 1. The van der Waals surface area contributed by atoms with E-state index in [1.807, 2.05) is 24.3 Å². The van der Waals surface area contributed by atoms with Gasteiger partial charge in [0.15, 0.2) is 5.76 Å². The summed E-state index contributed by atoms with van der Waals surface area (Å²) in [5.74, 6) is 1.22. The average molecular weight is 459 g/mol. The number of nitrogens with zero attached hydrogens (tertiary/aromatic N) is 2. The molecule has 0 atom stereocenters. The molecule has 2 aromatic heterocycles. The maximum atomic E-state index is 12.7. The van der Waals surface area contributed by atoms with E-state index in [4.69, 9.17) is 13.9 Å². The van der Waals surface area contributed by atoms with E-state index in [-0.39, 0.29) is 29.5 Å². The summed E-state index contributed by atoms with van der Waals surface area (Å²) in [6.45, 7) is 2.23. The average Bonchev–Trinajstić information content (AvgIpc) is 3.33. The van der Waals surface area contributed by atoms with Crippen LogP contribution in [0, 0.1) is 10.1 Å². The first-order valence-electron chi connectivity index (χ1n) is 10.5. The van der Waals surface area contributed by atoms with Crippen LogP contribution in [0.3, 0.4) is 0 Å². The quantitative estimate of drug-likeness (QED) is 0.249. The van der Waals surface area contributed by atoms with E-state index in [0.29, 0.717) is 17.3 Å². The summed E-state index contributed by atoms with van der Waals surface area (Å²) in [5.41, 5.74) is 1.15. The van der Waals surface area contributed by atoms with E-state index in [9.17, 15) is 14.9 Å². The summed E-state index contributed by atoms with van der Waals surface area (Å²) in [7, 11) is 0. The van der Waals surface area contributed by atoms with Gasteiger partial charge < -0.3 is 19.2 Å². The van der Waals surface area contributed by atoms with Crippen LogP contribution >= 0.6 is 0 Å². The number of nitro benzene ring substituents is 1. The van der Waals surface area contributed by atoms with Crippen LogP contribution in [0.2, 0.25) is 0 Å². The molecule has 0 aliphatic rings. The van der Waals surface area contributed by atoms with Gasteiger partial charge >= 0.3 is 0 Å². The standard InChI is InChI=1S/C25H21N3O6/c1-2-17-5-7-20(8-6-17)32-16-22-9-10-24(34-22)25(29)27-18-12-19(28(30)31)14-23(13-18)33-21-4-3-11-26-15-21/h3-15H,2,16H2,1H3,(H,27,29). The maximum Gasteiger partial charge on any atom is 0.291 e. The number of nitrogens with one attached hydrogen (secondary N) is 1. The van der Waals surface area contributed by atoms with Crippen molar-refractivity contribution in [2.75, 3.05) is 5.32 Å². The lowest BCUT2D eigenvalue weighted by Crippen LogP contribution is -2.11. The first kappa shape index (κ1) is 22.5. The zero-order valence-electron chi connectivity index (χ0n) is 18.3. The number of non-ortho nitro benzene ring substituents is 1. The number of benzene rings is 2. The SMILES string of the molecule is CCc1ccc(OCc2ccc(C(=O)Nc3cc(Oc4cccnc4)cc([N+](=O)[O-])c3)o2)cc1. The van der Waals surface area contributed by atoms with Gasteiger partial charge in [-0.2, -0.15) is 0 Å². The normalized spacial score (nSPS) is 10.5. The highest BCUT2D eigenvalue weighted by atomic mass is 16.6. The predicted molar refractivity (Wildman–Crippen MR) is 124 cm³/mol. The molecule has 0 bridgehead atoms. The largest absolute Gasteiger partial charge is 0.486 e. The molecule has 34 heavy (non-hydrogen) atoms. The summed E-state index contributed by atoms with van der Waals surface area (Å²) >= 11 is 0. The molecule has 0 aliphatic carbocycles. The molecule has 0 unspecified atom stereocenters. The Hall–Kier alpha value is -4.66. The Morgan fingerprint density at radius 3 is 2.59 bits per heavy atom. The molecular weight excluding hydrogens is 438 g/mol. The van der Waals surface area contributed by atoms with Gasteiger partial charge in [0.1, 0.15) is 29.6 Å². The Kier molecular flexibility index (Phi) is 6.83. The zero-order valence-corrected chi connectivity index (χ0v) is 18.3. The number of aromatic nitrogens is 1. The molecule has 2 heterocycles. The molecule has 0 radical (unpaired) electrons. The highest BCUT2D eigenvalue weighted by Crippen LogP contribution is 2.30. The fourth-order valence-corrected chi connectivity index (χ4v) is 3.11. The third-order valence-corrected chi connectivity index (χ3v) is 4.83. The molecule has 1 amide bonds. The second-order valence-corrected chi connectivity index (χ2v) is 7.27. The van der Waals surface area contributed by atoms with Crippen molar-refractivity contribution >= 4 is 17.3 Å². The number of anilines is 1. The molecule has 9 nitrogen and oxygen atoms in total. The number of furan rings is 1. The van der Waals surface area contributed by atoms with E-state index < -0.39 is 10.8 Å². The van der Waals surface area contributed by atoms with Crippen LogP contribution in [0.1, 0.15) is 28.8 Å². The number of aryl methyl sites for hydroxylation is 1. The number of nitro groups is 1. The second kappa shape index (κ2) is 10.3. The van der Waals surface area contributed by atoms with Crippen molar-refractivity contribution in [1.82, 2.24) is 4.98 Å². The van der Waals surface area contributed by atoms with Gasteiger partial charge in [-0.05, 0) is 48.4 Å². The molecule has 1 N–H and O–H groups in total. The van der Waals surface area contributed by atoms with Gasteiger partial charge in [0.25, 0.3) is 11.6 Å². The van der Waals surface area contributed by atoms with Crippen molar-refractivity contribution < 1.29 is 23.6 Å². The molecule has 0 saturated heterocycles. The van der Waals surface area contributed by atoms with Crippen LogP contribution in [0.15, 0.2) is 83.5 Å². The van der Waals surface area contributed by atoms with Gasteiger partial charge in [0.05, 0.1) is 22.9 Å². The van der Waals surface area contributed by atoms with E-state index in [1.54, 1.807) is 24.4 Å². The Morgan fingerprint density at radius 1 is 1.06 bits per heavy atom.